The quantitative estimate of drug-likeness (QED) is 0.555. The molecule has 0 saturated heterocycles. The molecule has 0 unspecified atom stereocenters. The summed E-state index contributed by atoms with van der Waals surface area (Å²) in [6, 6.07) is 21.7. The lowest BCUT2D eigenvalue weighted by Gasteiger charge is -2.03. The van der Waals surface area contributed by atoms with Crippen molar-refractivity contribution in [2.24, 2.45) is 0 Å². The summed E-state index contributed by atoms with van der Waals surface area (Å²) in [4.78, 5) is 22.6. The van der Waals surface area contributed by atoms with Crippen molar-refractivity contribution in [3.63, 3.8) is 0 Å². The molecule has 1 amide bonds. The maximum atomic E-state index is 12.6. The number of carbonyl (C=O) groups excluding carboxylic acids is 1. The minimum Gasteiger partial charge on any atom is -0.368 e. The van der Waals surface area contributed by atoms with E-state index < -0.39 is 0 Å². The fraction of sp³-hybridized carbons (Fsp3) is 0.0952. The Labute approximate surface area is 160 Å². The summed E-state index contributed by atoms with van der Waals surface area (Å²) < 4.78 is 0. The molecule has 0 radical (unpaired) electrons. The first kappa shape index (κ1) is 17.2. The second-order valence-corrected chi connectivity index (χ2v) is 7.15. The molecule has 5 nitrogen and oxygen atoms in total. The molecule has 2 aromatic heterocycles. The molecule has 0 aliphatic heterocycles. The van der Waals surface area contributed by atoms with Gasteiger partial charge in [0.05, 0.1) is 10.6 Å². The van der Waals surface area contributed by atoms with Gasteiger partial charge in [-0.1, -0.05) is 60.7 Å². The lowest BCUT2D eigenvalue weighted by Crippen LogP contribution is -2.24. The number of benzene rings is 2. The van der Waals surface area contributed by atoms with E-state index in [1.165, 1.54) is 16.9 Å². The molecule has 0 saturated carbocycles. The van der Waals surface area contributed by atoms with E-state index in [-0.39, 0.29) is 11.9 Å². The standard InChI is InChI=1S/C21H18N4OS/c22-21-24-18(15-9-5-2-6-10-15)16-13-17(27-20(16)25-21)19(26)23-12-11-14-7-3-1-4-8-14/h1-10,13H,11-12H2,(H,23,26)(H2,22,24,25). The average molecular weight is 374 g/mol. The maximum Gasteiger partial charge on any atom is 0.261 e. The Morgan fingerprint density at radius 1 is 1.00 bits per heavy atom. The van der Waals surface area contributed by atoms with Gasteiger partial charge >= 0.3 is 0 Å². The third-order valence-corrected chi connectivity index (χ3v) is 5.25. The number of thiophene rings is 1. The minimum absolute atomic E-state index is 0.105. The lowest BCUT2D eigenvalue weighted by molar-refractivity contribution is 0.0958. The highest BCUT2D eigenvalue weighted by atomic mass is 32.1. The summed E-state index contributed by atoms with van der Waals surface area (Å²) in [5.41, 5.74) is 8.77. The third-order valence-electron chi connectivity index (χ3n) is 4.22. The molecular formula is C21H18N4OS. The Bertz CT molecular complexity index is 1080. The number of rotatable bonds is 5. The van der Waals surface area contributed by atoms with Crippen LogP contribution in [0.15, 0.2) is 66.7 Å². The summed E-state index contributed by atoms with van der Waals surface area (Å²) in [5, 5.41) is 3.82. The third kappa shape index (κ3) is 3.80. The van der Waals surface area contributed by atoms with E-state index in [1.54, 1.807) is 0 Å². The van der Waals surface area contributed by atoms with E-state index in [9.17, 15) is 4.79 Å². The van der Waals surface area contributed by atoms with Crippen LogP contribution in [0.1, 0.15) is 15.2 Å². The number of nitrogens with two attached hydrogens (primary N) is 1. The van der Waals surface area contributed by atoms with Gasteiger partial charge in [-0.15, -0.1) is 11.3 Å². The zero-order chi connectivity index (χ0) is 18.6. The lowest BCUT2D eigenvalue weighted by atomic mass is 10.1. The second-order valence-electron chi connectivity index (χ2n) is 6.12. The Kier molecular flexibility index (Phi) is 4.80. The number of carbonyl (C=O) groups is 1. The first-order chi connectivity index (χ1) is 13.2. The molecule has 0 aliphatic carbocycles. The highest BCUT2D eigenvalue weighted by molar-refractivity contribution is 7.20. The van der Waals surface area contributed by atoms with Gasteiger partial charge in [0.15, 0.2) is 0 Å². The summed E-state index contributed by atoms with van der Waals surface area (Å²) >= 11 is 1.33. The second kappa shape index (κ2) is 7.55. The van der Waals surface area contributed by atoms with Crippen molar-refractivity contribution in [3.8, 4) is 11.3 Å². The van der Waals surface area contributed by atoms with Crippen molar-refractivity contribution in [2.45, 2.75) is 6.42 Å². The summed E-state index contributed by atoms with van der Waals surface area (Å²) in [6.07, 6.45) is 0.791. The highest BCUT2D eigenvalue weighted by Crippen LogP contribution is 2.32. The number of nitrogens with zero attached hydrogens (tertiary/aromatic N) is 2. The number of aromatic nitrogens is 2. The van der Waals surface area contributed by atoms with Crippen molar-refractivity contribution in [3.05, 3.63) is 77.2 Å². The van der Waals surface area contributed by atoms with Crippen molar-refractivity contribution >= 4 is 33.4 Å². The fourth-order valence-corrected chi connectivity index (χ4v) is 3.87. The highest BCUT2D eigenvalue weighted by Gasteiger charge is 2.16. The summed E-state index contributed by atoms with van der Waals surface area (Å²) in [7, 11) is 0. The van der Waals surface area contributed by atoms with Crippen LogP contribution < -0.4 is 11.1 Å². The van der Waals surface area contributed by atoms with Crippen LogP contribution in [-0.2, 0) is 6.42 Å². The van der Waals surface area contributed by atoms with Gasteiger partial charge in [-0.05, 0) is 18.1 Å². The van der Waals surface area contributed by atoms with E-state index >= 15 is 0 Å². The molecule has 27 heavy (non-hydrogen) atoms. The van der Waals surface area contributed by atoms with Gasteiger partial charge in [-0.25, -0.2) is 9.97 Å². The topological polar surface area (TPSA) is 80.9 Å². The number of nitrogens with one attached hydrogen (secondary N) is 1. The van der Waals surface area contributed by atoms with Gasteiger partial charge in [0.25, 0.3) is 5.91 Å². The van der Waals surface area contributed by atoms with Crippen LogP contribution in [0.5, 0.6) is 0 Å². The minimum atomic E-state index is -0.105. The zero-order valence-electron chi connectivity index (χ0n) is 14.6. The van der Waals surface area contributed by atoms with Gasteiger partial charge in [-0.3, -0.25) is 4.79 Å². The van der Waals surface area contributed by atoms with Gasteiger partial charge in [0.2, 0.25) is 5.95 Å². The van der Waals surface area contributed by atoms with Crippen molar-refractivity contribution in [1.29, 1.82) is 0 Å². The molecule has 4 aromatic rings. The monoisotopic (exact) mass is 374 g/mol. The molecule has 3 N–H and O–H groups in total. The molecule has 0 fully saturated rings. The molecule has 134 valence electrons. The van der Waals surface area contributed by atoms with Crippen LogP contribution in [-0.4, -0.2) is 22.4 Å². The van der Waals surface area contributed by atoms with Crippen LogP contribution in [0.25, 0.3) is 21.5 Å². The molecule has 0 atom stereocenters. The Morgan fingerprint density at radius 2 is 1.70 bits per heavy atom. The predicted molar refractivity (Wildman–Crippen MR) is 110 cm³/mol. The van der Waals surface area contributed by atoms with Gasteiger partial charge in [0.1, 0.15) is 4.83 Å². The number of fused-ring (bicyclic) bond motifs is 1. The molecule has 4 rings (SSSR count). The smallest absolute Gasteiger partial charge is 0.261 e. The number of anilines is 1. The first-order valence-corrected chi connectivity index (χ1v) is 9.47. The van der Waals surface area contributed by atoms with Gasteiger partial charge in [-0.2, -0.15) is 0 Å². The Hall–Kier alpha value is -3.25. The SMILES string of the molecule is Nc1nc(-c2ccccc2)c2cc(C(=O)NCCc3ccccc3)sc2n1. The van der Waals surface area contributed by atoms with Crippen molar-refractivity contribution < 1.29 is 4.79 Å². The van der Waals surface area contributed by atoms with E-state index in [1.807, 2.05) is 54.6 Å². The Balaban J connectivity index is 1.57. The molecule has 0 aliphatic rings. The van der Waals surface area contributed by atoms with Crippen LogP contribution in [0.3, 0.4) is 0 Å². The van der Waals surface area contributed by atoms with Crippen LogP contribution in [0.2, 0.25) is 0 Å². The summed E-state index contributed by atoms with van der Waals surface area (Å²) in [6.45, 7) is 0.580. The normalized spacial score (nSPS) is 10.8. The number of nitrogen functional groups attached to an aromatic ring is 1. The van der Waals surface area contributed by atoms with E-state index in [2.05, 4.69) is 27.4 Å². The van der Waals surface area contributed by atoms with E-state index in [4.69, 9.17) is 5.73 Å². The van der Waals surface area contributed by atoms with E-state index in [0.29, 0.717) is 11.4 Å². The first-order valence-electron chi connectivity index (χ1n) is 8.65. The van der Waals surface area contributed by atoms with E-state index in [0.717, 1.165) is 27.9 Å². The number of hydrogen-bond acceptors (Lipinski definition) is 5. The molecular weight excluding hydrogens is 356 g/mol. The van der Waals surface area contributed by atoms with Crippen molar-refractivity contribution in [1.82, 2.24) is 15.3 Å². The summed E-state index contributed by atoms with van der Waals surface area (Å²) in [5.74, 6) is 0.103. The number of amides is 1. The molecule has 0 bridgehead atoms. The average Bonchev–Trinajstić information content (AvgIpc) is 3.13. The van der Waals surface area contributed by atoms with Crippen LogP contribution in [0.4, 0.5) is 5.95 Å². The zero-order valence-corrected chi connectivity index (χ0v) is 15.4. The number of hydrogen-bond donors (Lipinski definition) is 2. The molecule has 0 spiro atoms. The van der Waals surface area contributed by atoms with Gasteiger partial charge in [0, 0.05) is 17.5 Å². The van der Waals surface area contributed by atoms with Crippen molar-refractivity contribution in [2.75, 3.05) is 12.3 Å². The van der Waals surface area contributed by atoms with Crippen LogP contribution in [0, 0.1) is 0 Å². The predicted octanol–water partition coefficient (Wildman–Crippen LogP) is 3.91. The molecule has 6 heteroatoms. The molecule has 2 heterocycles. The fourth-order valence-electron chi connectivity index (χ4n) is 2.92. The maximum absolute atomic E-state index is 12.6. The van der Waals surface area contributed by atoms with Crippen LogP contribution >= 0.6 is 11.3 Å². The molecule has 2 aromatic carbocycles. The Morgan fingerprint density at radius 3 is 2.44 bits per heavy atom. The van der Waals surface area contributed by atoms with Gasteiger partial charge < -0.3 is 11.1 Å². The largest absolute Gasteiger partial charge is 0.368 e.